The molecule has 6 nitrogen and oxygen atoms in total. The van der Waals surface area contributed by atoms with E-state index < -0.39 is 0 Å². The number of hydrogen-bond acceptors (Lipinski definition) is 4. The van der Waals surface area contributed by atoms with E-state index in [1.54, 1.807) is 0 Å². The van der Waals surface area contributed by atoms with Gasteiger partial charge in [0.05, 0.1) is 6.10 Å². The Morgan fingerprint density at radius 3 is 2.09 bits per heavy atom. The van der Waals surface area contributed by atoms with Gasteiger partial charge in [0.25, 0.3) is 0 Å². The lowest BCUT2D eigenvalue weighted by molar-refractivity contribution is -0.143. The first-order valence-electron chi connectivity index (χ1n) is 8.81. The van der Waals surface area contributed by atoms with Crippen molar-refractivity contribution in [2.45, 2.75) is 39.2 Å². The van der Waals surface area contributed by atoms with Crippen LogP contribution in [0.3, 0.4) is 0 Å². The highest BCUT2D eigenvalue weighted by molar-refractivity contribution is 5.77. The quantitative estimate of drug-likeness (QED) is 0.751. The largest absolute Gasteiger partial charge is 0.368 e. The predicted molar refractivity (Wildman–Crippen MR) is 89.1 cm³/mol. The molecule has 2 rings (SSSR count). The summed E-state index contributed by atoms with van der Waals surface area (Å²) in [6.45, 7) is 9.26. The van der Waals surface area contributed by atoms with Gasteiger partial charge in [-0.2, -0.15) is 0 Å². The first-order chi connectivity index (χ1) is 11.0. The number of piperazine rings is 1. The Bertz CT molecular complexity index is 398. The molecule has 0 saturated carbocycles. The Morgan fingerprint density at radius 2 is 1.52 bits per heavy atom. The highest BCUT2D eigenvalue weighted by Gasteiger charge is 2.25. The highest BCUT2D eigenvalue weighted by atomic mass is 16.5. The molecule has 132 valence electrons. The van der Waals surface area contributed by atoms with Gasteiger partial charge < -0.3 is 19.4 Å². The van der Waals surface area contributed by atoms with Gasteiger partial charge in [-0.1, -0.05) is 13.8 Å². The summed E-state index contributed by atoms with van der Waals surface area (Å²) in [6, 6.07) is 0. The molecule has 0 bridgehead atoms. The minimum Gasteiger partial charge on any atom is -0.368 e. The van der Waals surface area contributed by atoms with E-state index in [1.165, 1.54) is 0 Å². The summed E-state index contributed by atoms with van der Waals surface area (Å²) in [4.78, 5) is 30.2. The SMILES string of the molecule is CC(C)CC(=O)N1CCC(OCC(=O)N2CCN(C)CC2)CC1. The van der Waals surface area contributed by atoms with E-state index in [1.807, 2.05) is 9.80 Å². The van der Waals surface area contributed by atoms with Crippen molar-refractivity contribution in [3.05, 3.63) is 0 Å². The van der Waals surface area contributed by atoms with Crippen LogP contribution in [-0.4, -0.2) is 85.5 Å². The lowest BCUT2D eigenvalue weighted by Gasteiger charge is -2.34. The Labute approximate surface area is 139 Å². The number of amides is 2. The van der Waals surface area contributed by atoms with Gasteiger partial charge in [-0.05, 0) is 25.8 Å². The van der Waals surface area contributed by atoms with Crippen LogP contribution < -0.4 is 0 Å². The second-order valence-electron chi connectivity index (χ2n) is 7.17. The minimum absolute atomic E-state index is 0.0939. The molecule has 0 unspecified atom stereocenters. The van der Waals surface area contributed by atoms with Gasteiger partial charge in [-0.15, -0.1) is 0 Å². The van der Waals surface area contributed by atoms with E-state index in [0.29, 0.717) is 12.3 Å². The fourth-order valence-corrected chi connectivity index (χ4v) is 3.09. The van der Waals surface area contributed by atoms with Crippen molar-refractivity contribution >= 4 is 11.8 Å². The normalized spacial score (nSPS) is 21.0. The summed E-state index contributed by atoms with van der Waals surface area (Å²) < 4.78 is 5.79. The molecule has 0 aromatic carbocycles. The number of likely N-dealkylation sites (N-methyl/N-ethyl adjacent to an activating group) is 1. The zero-order valence-electron chi connectivity index (χ0n) is 14.8. The number of rotatable bonds is 5. The molecule has 0 spiro atoms. The molecule has 0 radical (unpaired) electrons. The fraction of sp³-hybridized carbons (Fsp3) is 0.882. The molecule has 23 heavy (non-hydrogen) atoms. The first kappa shape index (κ1) is 18.2. The Hall–Kier alpha value is -1.14. The summed E-state index contributed by atoms with van der Waals surface area (Å²) in [5.41, 5.74) is 0. The van der Waals surface area contributed by atoms with Gasteiger partial charge in [0.2, 0.25) is 11.8 Å². The van der Waals surface area contributed by atoms with Crippen molar-refractivity contribution < 1.29 is 14.3 Å². The molecule has 2 heterocycles. The lowest BCUT2D eigenvalue weighted by Crippen LogP contribution is -2.48. The Kier molecular flexibility index (Phi) is 6.84. The van der Waals surface area contributed by atoms with Gasteiger partial charge in [-0.25, -0.2) is 0 Å². The van der Waals surface area contributed by atoms with E-state index >= 15 is 0 Å². The molecule has 2 saturated heterocycles. The van der Waals surface area contributed by atoms with Gasteiger partial charge in [0.15, 0.2) is 0 Å². The van der Waals surface area contributed by atoms with Crippen LogP contribution in [0.4, 0.5) is 0 Å². The van der Waals surface area contributed by atoms with Crippen LogP contribution in [0.15, 0.2) is 0 Å². The molecule has 2 aliphatic heterocycles. The maximum atomic E-state index is 12.2. The average molecular weight is 325 g/mol. The molecule has 0 aliphatic carbocycles. The van der Waals surface area contributed by atoms with Crippen LogP contribution in [0.25, 0.3) is 0 Å². The number of ether oxygens (including phenoxy) is 1. The minimum atomic E-state index is 0.0939. The molecule has 2 amide bonds. The van der Waals surface area contributed by atoms with Gasteiger partial charge in [0, 0.05) is 45.7 Å². The van der Waals surface area contributed by atoms with Crippen LogP contribution in [0.1, 0.15) is 33.1 Å². The topological polar surface area (TPSA) is 53.1 Å². The summed E-state index contributed by atoms with van der Waals surface area (Å²) in [7, 11) is 2.08. The van der Waals surface area contributed by atoms with Crippen molar-refractivity contribution in [2.24, 2.45) is 5.92 Å². The third kappa shape index (κ3) is 5.77. The number of hydrogen-bond donors (Lipinski definition) is 0. The average Bonchev–Trinajstić information content (AvgIpc) is 2.53. The second kappa shape index (κ2) is 8.64. The molecule has 0 N–H and O–H groups in total. The maximum absolute atomic E-state index is 12.2. The number of piperidine rings is 1. The Balaban J connectivity index is 1.64. The molecule has 6 heteroatoms. The summed E-state index contributed by atoms with van der Waals surface area (Å²) in [5.74, 6) is 0.737. The second-order valence-corrected chi connectivity index (χ2v) is 7.17. The van der Waals surface area contributed by atoms with Gasteiger partial charge in [-0.3, -0.25) is 9.59 Å². The van der Waals surface area contributed by atoms with Crippen molar-refractivity contribution in [1.82, 2.24) is 14.7 Å². The van der Waals surface area contributed by atoms with Crippen molar-refractivity contribution in [2.75, 3.05) is 52.9 Å². The highest BCUT2D eigenvalue weighted by Crippen LogP contribution is 2.16. The van der Waals surface area contributed by atoms with Crippen LogP contribution >= 0.6 is 0 Å². The third-order valence-corrected chi connectivity index (χ3v) is 4.68. The molecule has 0 aromatic heterocycles. The molecule has 0 atom stereocenters. The van der Waals surface area contributed by atoms with Crippen molar-refractivity contribution in [3.8, 4) is 0 Å². The van der Waals surface area contributed by atoms with Crippen LogP contribution in [0.5, 0.6) is 0 Å². The van der Waals surface area contributed by atoms with Crippen molar-refractivity contribution in [3.63, 3.8) is 0 Å². The standard InChI is InChI=1S/C17H31N3O3/c1-14(2)12-16(21)19-6-4-15(5-7-19)23-13-17(22)20-10-8-18(3)9-11-20/h14-15H,4-13H2,1-3H3. The van der Waals surface area contributed by atoms with E-state index in [-0.39, 0.29) is 24.5 Å². The number of carbonyl (C=O) groups is 2. The van der Waals surface area contributed by atoms with Gasteiger partial charge in [0.1, 0.15) is 6.61 Å². The zero-order valence-corrected chi connectivity index (χ0v) is 14.8. The summed E-state index contributed by atoms with van der Waals surface area (Å²) in [6.07, 6.45) is 2.39. The van der Waals surface area contributed by atoms with E-state index in [9.17, 15) is 9.59 Å². The number of nitrogens with zero attached hydrogens (tertiary/aromatic N) is 3. The number of carbonyl (C=O) groups excluding carboxylic acids is 2. The summed E-state index contributed by atoms with van der Waals surface area (Å²) >= 11 is 0. The lowest BCUT2D eigenvalue weighted by atomic mass is 10.1. The molecule has 2 aliphatic rings. The number of likely N-dealkylation sites (tertiary alicyclic amines) is 1. The van der Waals surface area contributed by atoms with Crippen LogP contribution in [0.2, 0.25) is 0 Å². The smallest absolute Gasteiger partial charge is 0.248 e. The summed E-state index contributed by atoms with van der Waals surface area (Å²) in [5, 5.41) is 0. The third-order valence-electron chi connectivity index (χ3n) is 4.68. The Morgan fingerprint density at radius 1 is 0.957 bits per heavy atom. The fourth-order valence-electron chi connectivity index (χ4n) is 3.09. The van der Waals surface area contributed by atoms with Crippen molar-refractivity contribution in [1.29, 1.82) is 0 Å². The molecule has 0 aromatic rings. The van der Waals surface area contributed by atoms with Crippen LogP contribution in [-0.2, 0) is 14.3 Å². The maximum Gasteiger partial charge on any atom is 0.248 e. The van der Waals surface area contributed by atoms with Crippen LogP contribution in [0, 0.1) is 5.92 Å². The van der Waals surface area contributed by atoms with E-state index in [0.717, 1.165) is 52.1 Å². The first-order valence-corrected chi connectivity index (χ1v) is 8.81. The monoisotopic (exact) mass is 325 g/mol. The molecular formula is C17H31N3O3. The zero-order chi connectivity index (χ0) is 16.8. The van der Waals surface area contributed by atoms with Gasteiger partial charge >= 0.3 is 0 Å². The van der Waals surface area contributed by atoms with E-state index in [2.05, 4.69) is 25.8 Å². The molecular weight excluding hydrogens is 294 g/mol. The van der Waals surface area contributed by atoms with E-state index in [4.69, 9.17) is 4.74 Å². The predicted octanol–water partition coefficient (Wildman–Crippen LogP) is 0.814. The molecule has 2 fully saturated rings.